The van der Waals surface area contributed by atoms with Crippen LogP contribution in [0, 0.1) is 17.4 Å². The van der Waals surface area contributed by atoms with Gasteiger partial charge in [0.15, 0.2) is 11.5 Å². The predicted octanol–water partition coefficient (Wildman–Crippen LogP) is 4.64. The summed E-state index contributed by atoms with van der Waals surface area (Å²) in [6, 6.07) is 11.1. The number of benzene rings is 1. The van der Waals surface area contributed by atoms with Gasteiger partial charge in [-0.1, -0.05) is 26.0 Å². The molecule has 0 N–H and O–H groups in total. The van der Waals surface area contributed by atoms with Crippen LogP contribution in [0.5, 0.6) is 0 Å². The average molecular weight is 393 g/mol. The molecule has 4 heterocycles. The number of halogens is 1. The van der Waals surface area contributed by atoms with Crippen molar-refractivity contribution in [1.82, 2.24) is 14.6 Å². The number of hydrogen-bond donors (Lipinski definition) is 0. The Hall–Kier alpha value is -2.63. The monoisotopic (exact) mass is 392 g/mol. The molecule has 1 atom stereocenters. The SMILES string of the molecule is CC1(C)CCCN(c2[c]n3nc(N4CCC[C@@H]4c4ccc(F)cc4)ccc3n2)C1. The van der Waals surface area contributed by atoms with Crippen LogP contribution in [0.3, 0.4) is 0 Å². The van der Waals surface area contributed by atoms with Gasteiger partial charge in [-0.15, -0.1) is 5.10 Å². The van der Waals surface area contributed by atoms with Gasteiger partial charge < -0.3 is 9.80 Å². The van der Waals surface area contributed by atoms with Crippen LogP contribution in [-0.2, 0) is 0 Å². The number of piperidine rings is 1. The minimum absolute atomic E-state index is 0.195. The summed E-state index contributed by atoms with van der Waals surface area (Å²) in [6.45, 7) is 7.60. The predicted molar refractivity (Wildman–Crippen MR) is 113 cm³/mol. The number of nitrogens with zero attached hydrogens (tertiary/aromatic N) is 5. The first-order valence-corrected chi connectivity index (χ1v) is 10.5. The zero-order valence-electron chi connectivity index (χ0n) is 17.1. The molecule has 5 nitrogen and oxygen atoms in total. The largest absolute Gasteiger partial charge is 0.354 e. The van der Waals surface area contributed by atoms with E-state index < -0.39 is 0 Å². The number of fused-ring (bicyclic) bond motifs is 1. The molecule has 0 amide bonds. The number of aromatic nitrogens is 3. The lowest BCUT2D eigenvalue weighted by Gasteiger charge is -2.38. The Labute approximate surface area is 171 Å². The second-order valence-corrected chi connectivity index (χ2v) is 9.10. The minimum Gasteiger partial charge on any atom is -0.354 e. The Morgan fingerprint density at radius 1 is 1.07 bits per heavy atom. The Morgan fingerprint density at radius 2 is 1.90 bits per heavy atom. The third-order valence-electron chi connectivity index (χ3n) is 6.23. The summed E-state index contributed by atoms with van der Waals surface area (Å²) in [5.41, 5.74) is 2.26. The highest BCUT2D eigenvalue weighted by Gasteiger charge is 2.29. The van der Waals surface area contributed by atoms with Gasteiger partial charge in [0.05, 0.1) is 6.04 Å². The van der Waals surface area contributed by atoms with Gasteiger partial charge in [-0.25, -0.2) is 13.9 Å². The lowest BCUT2D eigenvalue weighted by atomic mass is 9.84. The molecule has 151 valence electrons. The summed E-state index contributed by atoms with van der Waals surface area (Å²) in [5, 5.41) is 4.83. The van der Waals surface area contributed by atoms with E-state index in [2.05, 4.69) is 29.8 Å². The van der Waals surface area contributed by atoms with Gasteiger partial charge in [0.1, 0.15) is 17.8 Å². The molecule has 29 heavy (non-hydrogen) atoms. The molecule has 1 aromatic carbocycles. The van der Waals surface area contributed by atoms with Crippen LogP contribution in [0.15, 0.2) is 36.4 Å². The van der Waals surface area contributed by atoms with Crippen molar-refractivity contribution in [2.45, 2.75) is 45.6 Å². The summed E-state index contributed by atoms with van der Waals surface area (Å²) < 4.78 is 15.1. The molecule has 2 aliphatic rings. The molecule has 0 spiro atoms. The highest BCUT2D eigenvalue weighted by Crippen LogP contribution is 2.35. The molecule has 0 unspecified atom stereocenters. The number of imidazole rings is 1. The Morgan fingerprint density at radius 3 is 2.69 bits per heavy atom. The van der Waals surface area contributed by atoms with E-state index in [1.54, 1.807) is 16.6 Å². The zero-order chi connectivity index (χ0) is 20.0. The van der Waals surface area contributed by atoms with Crippen LogP contribution in [-0.4, -0.2) is 34.2 Å². The van der Waals surface area contributed by atoms with Gasteiger partial charge in [0.2, 0.25) is 0 Å². The van der Waals surface area contributed by atoms with Crippen molar-refractivity contribution in [3.8, 4) is 0 Å². The topological polar surface area (TPSA) is 36.7 Å². The van der Waals surface area contributed by atoms with Gasteiger partial charge in [-0.3, -0.25) is 0 Å². The Bertz CT molecular complexity index is 1010. The molecule has 5 rings (SSSR count). The number of rotatable bonds is 3. The maximum atomic E-state index is 13.3. The lowest BCUT2D eigenvalue weighted by molar-refractivity contribution is 0.292. The van der Waals surface area contributed by atoms with Gasteiger partial charge >= 0.3 is 0 Å². The fourth-order valence-electron chi connectivity index (χ4n) is 4.77. The van der Waals surface area contributed by atoms with Crippen molar-refractivity contribution < 1.29 is 4.39 Å². The lowest BCUT2D eigenvalue weighted by Crippen LogP contribution is -2.40. The van der Waals surface area contributed by atoms with Gasteiger partial charge in [-0.05, 0) is 60.9 Å². The quantitative estimate of drug-likeness (QED) is 0.651. The standard InChI is InChI=1S/C23H27FN5/c1-23(2)12-4-13-27(16-23)22-15-29-20(25-22)10-11-21(26-29)28-14-3-5-19(28)17-6-8-18(24)9-7-17/h6-11,19H,3-5,12-14,16H2,1-2H3/t19-/m1/s1. The fourth-order valence-corrected chi connectivity index (χ4v) is 4.77. The van der Waals surface area contributed by atoms with E-state index in [9.17, 15) is 4.39 Å². The van der Waals surface area contributed by atoms with E-state index in [0.717, 1.165) is 55.3 Å². The first-order valence-electron chi connectivity index (χ1n) is 10.5. The molecule has 2 fully saturated rings. The third kappa shape index (κ3) is 3.56. The van der Waals surface area contributed by atoms with Gasteiger partial charge in [0.25, 0.3) is 0 Å². The highest BCUT2D eigenvalue weighted by molar-refractivity contribution is 5.53. The van der Waals surface area contributed by atoms with E-state index in [-0.39, 0.29) is 11.9 Å². The number of anilines is 2. The van der Waals surface area contributed by atoms with Crippen molar-refractivity contribution >= 4 is 17.3 Å². The molecule has 2 saturated heterocycles. The van der Waals surface area contributed by atoms with Crippen LogP contribution >= 0.6 is 0 Å². The Kier molecular flexibility index (Phi) is 4.45. The van der Waals surface area contributed by atoms with Crippen LogP contribution < -0.4 is 9.80 Å². The Balaban J connectivity index is 1.43. The second-order valence-electron chi connectivity index (χ2n) is 9.10. The molecule has 0 bridgehead atoms. The van der Waals surface area contributed by atoms with Crippen LogP contribution in [0.4, 0.5) is 16.0 Å². The maximum absolute atomic E-state index is 13.3. The van der Waals surface area contributed by atoms with Crippen LogP contribution in [0.1, 0.15) is 51.1 Å². The molecule has 2 aromatic heterocycles. The van der Waals surface area contributed by atoms with Gasteiger partial charge in [0, 0.05) is 19.6 Å². The summed E-state index contributed by atoms with van der Waals surface area (Å²) in [4.78, 5) is 9.41. The van der Waals surface area contributed by atoms with E-state index in [1.807, 2.05) is 24.3 Å². The molecule has 6 heteroatoms. The van der Waals surface area contributed by atoms with Crippen LogP contribution in [0.25, 0.3) is 5.65 Å². The minimum atomic E-state index is -0.195. The van der Waals surface area contributed by atoms with Crippen molar-refractivity contribution in [2.24, 2.45) is 5.41 Å². The molecule has 1 radical (unpaired) electrons. The molecular formula is C23H27FN5. The van der Waals surface area contributed by atoms with E-state index in [4.69, 9.17) is 10.1 Å². The summed E-state index contributed by atoms with van der Waals surface area (Å²) in [6.07, 6.45) is 7.95. The van der Waals surface area contributed by atoms with E-state index >= 15 is 0 Å². The normalized spacial score (nSPS) is 21.8. The first kappa shape index (κ1) is 18.4. The second kappa shape index (κ2) is 7.01. The molecule has 0 saturated carbocycles. The van der Waals surface area contributed by atoms with Crippen LogP contribution in [0.2, 0.25) is 0 Å². The van der Waals surface area contributed by atoms with Crippen molar-refractivity contribution in [3.05, 3.63) is 54.0 Å². The molecule has 0 aliphatic carbocycles. The van der Waals surface area contributed by atoms with Crippen molar-refractivity contribution in [3.63, 3.8) is 0 Å². The smallest absolute Gasteiger partial charge is 0.159 e. The van der Waals surface area contributed by atoms with E-state index in [1.165, 1.54) is 12.8 Å². The average Bonchev–Trinajstić information content (AvgIpc) is 3.34. The summed E-state index contributed by atoms with van der Waals surface area (Å²) in [5.74, 6) is 1.61. The third-order valence-corrected chi connectivity index (χ3v) is 6.23. The zero-order valence-corrected chi connectivity index (χ0v) is 17.1. The summed E-state index contributed by atoms with van der Waals surface area (Å²) >= 11 is 0. The van der Waals surface area contributed by atoms with Crippen molar-refractivity contribution in [1.29, 1.82) is 0 Å². The highest BCUT2D eigenvalue weighted by atomic mass is 19.1. The number of hydrogen-bond acceptors (Lipinski definition) is 4. The van der Waals surface area contributed by atoms with Crippen molar-refractivity contribution in [2.75, 3.05) is 29.4 Å². The fraction of sp³-hybridized carbons (Fsp3) is 0.478. The summed E-state index contributed by atoms with van der Waals surface area (Å²) in [7, 11) is 0. The maximum Gasteiger partial charge on any atom is 0.159 e. The van der Waals surface area contributed by atoms with Gasteiger partial charge in [-0.2, -0.15) is 0 Å². The molecule has 2 aliphatic heterocycles. The first-order chi connectivity index (χ1) is 14.0. The van der Waals surface area contributed by atoms with E-state index in [0.29, 0.717) is 5.41 Å². The molecule has 3 aromatic rings. The molecular weight excluding hydrogens is 365 g/mol.